The van der Waals surface area contributed by atoms with Gasteiger partial charge in [0.15, 0.2) is 15.7 Å². The van der Waals surface area contributed by atoms with Crippen LogP contribution in [0.3, 0.4) is 0 Å². The zero-order chi connectivity index (χ0) is 13.8. The second-order valence-electron chi connectivity index (χ2n) is 3.89. The second-order valence-corrected chi connectivity index (χ2v) is 8.16. The van der Waals surface area contributed by atoms with Crippen molar-refractivity contribution in [3.63, 3.8) is 0 Å². The third-order valence-corrected chi connectivity index (χ3v) is 6.39. The molecular weight excluding hydrogens is 290 g/mol. The van der Waals surface area contributed by atoms with Crippen molar-refractivity contribution in [3.05, 3.63) is 0 Å². The van der Waals surface area contributed by atoms with Crippen molar-refractivity contribution in [2.45, 2.75) is 30.4 Å². The molecule has 1 rings (SSSR count). The van der Waals surface area contributed by atoms with Crippen LogP contribution in [0.15, 0.2) is 4.90 Å². The number of sulfone groups is 1. The molecule has 0 spiro atoms. The van der Waals surface area contributed by atoms with Gasteiger partial charge in [0.05, 0.1) is 5.75 Å². The number of rotatable bonds is 7. The third-order valence-electron chi connectivity index (χ3n) is 2.60. The van der Waals surface area contributed by atoms with Gasteiger partial charge in [-0.05, 0) is 24.2 Å². The maximum atomic E-state index is 11.9. The first-order valence-electron chi connectivity index (χ1n) is 5.67. The summed E-state index contributed by atoms with van der Waals surface area (Å²) < 4.78 is 27.7. The number of nitrogens with two attached hydrogens (primary N) is 1. The Balaban J connectivity index is 2.79. The highest BCUT2D eigenvalue weighted by atomic mass is 32.2. The maximum absolute atomic E-state index is 11.9. The Labute approximate surface area is 117 Å². The molecule has 1 unspecified atom stereocenters. The normalized spacial score (nSPS) is 13.5. The molecule has 18 heavy (non-hydrogen) atoms. The van der Waals surface area contributed by atoms with Crippen molar-refractivity contribution >= 4 is 44.0 Å². The highest BCUT2D eigenvalue weighted by Crippen LogP contribution is 2.32. The molecule has 1 atom stereocenters. The van der Waals surface area contributed by atoms with E-state index in [-0.39, 0.29) is 16.5 Å². The molecule has 0 aliphatic heterocycles. The summed E-state index contributed by atoms with van der Waals surface area (Å²) in [5, 5.41) is 4.22. The summed E-state index contributed by atoms with van der Waals surface area (Å²) in [6, 6.07) is 0. The van der Waals surface area contributed by atoms with Gasteiger partial charge < -0.3 is 11.1 Å². The minimum Gasteiger partial charge on any atom is -0.382 e. The van der Waals surface area contributed by atoms with Crippen molar-refractivity contribution in [2.24, 2.45) is 0 Å². The van der Waals surface area contributed by atoms with Crippen molar-refractivity contribution in [1.82, 2.24) is 4.37 Å². The highest BCUT2D eigenvalue weighted by Gasteiger charge is 2.23. The molecule has 0 bridgehead atoms. The molecule has 0 amide bonds. The van der Waals surface area contributed by atoms with Crippen LogP contribution in [0.5, 0.6) is 0 Å². The molecule has 0 radical (unpaired) electrons. The van der Waals surface area contributed by atoms with Crippen LogP contribution in [-0.4, -0.2) is 36.6 Å². The Morgan fingerprint density at radius 3 is 2.78 bits per heavy atom. The lowest BCUT2D eigenvalue weighted by Crippen LogP contribution is -2.11. The van der Waals surface area contributed by atoms with Crippen LogP contribution < -0.4 is 11.1 Å². The number of hydrogen-bond acceptors (Lipinski definition) is 7. The van der Waals surface area contributed by atoms with Gasteiger partial charge >= 0.3 is 0 Å². The summed E-state index contributed by atoms with van der Waals surface area (Å²) in [6.07, 6.45) is 3.02. The Morgan fingerprint density at radius 1 is 1.56 bits per heavy atom. The number of nitrogens with one attached hydrogen (secondary N) is 1. The largest absolute Gasteiger partial charge is 0.382 e. The number of aromatic nitrogens is 1. The fraction of sp³-hybridized carbons (Fsp3) is 0.700. The first-order valence-corrected chi connectivity index (χ1v) is 9.38. The Hall–Kier alpha value is -0.470. The fourth-order valence-corrected chi connectivity index (χ4v) is 3.90. The third kappa shape index (κ3) is 3.76. The molecule has 3 N–H and O–H groups in total. The number of hydrogen-bond donors (Lipinski definition) is 2. The lowest BCUT2D eigenvalue weighted by Gasteiger charge is -2.10. The molecule has 0 aliphatic carbocycles. The number of anilines is 2. The lowest BCUT2D eigenvalue weighted by atomic mass is 10.3. The van der Waals surface area contributed by atoms with Crippen molar-refractivity contribution in [2.75, 3.05) is 29.6 Å². The van der Waals surface area contributed by atoms with E-state index >= 15 is 0 Å². The van der Waals surface area contributed by atoms with E-state index in [0.29, 0.717) is 10.3 Å². The minimum absolute atomic E-state index is 0.0332. The summed E-state index contributed by atoms with van der Waals surface area (Å²) in [6.45, 7) is 4.46. The Bertz CT molecular complexity index is 485. The minimum atomic E-state index is -3.32. The van der Waals surface area contributed by atoms with E-state index in [1.165, 1.54) is 0 Å². The Morgan fingerprint density at radius 2 is 2.22 bits per heavy atom. The highest BCUT2D eigenvalue weighted by molar-refractivity contribution is 7.99. The smallest absolute Gasteiger partial charge is 0.184 e. The molecule has 1 aromatic rings. The molecule has 8 heteroatoms. The van der Waals surface area contributed by atoms with E-state index in [0.717, 1.165) is 24.5 Å². The predicted octanol–water partition coefficient (Wildman–Crippen LogP) is 2.07. The molecule has 104 valence electrons. The van der Waals surface area contributed by atoms with Gasteiger partial charge in [0.25, 0.3) is 0 Å². The maximum Gasteiger partial charge on any atom is 0.184 e. The summed E-state index contributed by atoms with van der Waals surface area (Å²) in [5.41, 5.74) is 5.64. The van der Waals surface area contributed by atoms with Crippen LogP contribution in [0.1, 0.15) is 20.3 Å². The molecule has 1 heterocycles. The van der Waals surface area contributed by atoms with E-state index in [1.54, 1.807) is 18.7 Å². The van der Waals surface area contributed by atoms with Gasteiger partial charge in [0, 0.05) is 11.8 Å². The first kappa shape index (κ1) is 15.6. The van der Waals surface area contributed by atoms with Gasteiger partial charge in [-0.1, -0.05) is 13.8 Å². The zero-order valence-corrected chi connectivity index (χ0v) is 13.2. The van der Waals surface area contributed by atoms with Crippen LogP contribution >= 0.6 is 23.3 Å². The Kier molecular flexibility index (Phi) is 5.74. The number of nitrogens with zero attached hydrogens (tertiary/aromatic N) is 1. The molecule has 0 aromatic carbocycles. The summed E-state index contributed by atoms with van der Waals surface area (Å²) >= 11 is 2.89. The molecule has 0 saturated heterocycles. The quantitative estimate of drug-likeness (QED) is 0.802. The first-order chi connectivity index (χ1) is 8.42. The SMILES string of the molecule is CCS(=O)(=O)c1c(N)nsc1NCCC(C)SC. The van der Waals surface area contributed by atoms with Gasteiger partial charge in [-0.2, -0.15) is 16.1 Å². The van der Waals surface area contributed by atoms with Crippen molar-refractivity contribution in [1.29, 1.82) is 0 Å². The van der Waals surface area contributed by atoms with Crippen LogP contribution in [0.4, 0.5) is 10.8 Å². The van der Waals surface area contributed by atoms with E-state index < -0.39 is 9.84 Å². The topological polar surface area (TPSA) is 85.1 Å². The lowest BCUT2D eigenvalue weighted by molar-refractivity contribution is 0.598. The number of thioether (sulfide) groups is 1. The summed E-state index contributed by atoms with van der Waals surface area (Å²) in [5.74, 6) is 0.133. The zero-order valence-electron chi connectivity index (χ0n) is 10.8. The van der Waals surface area contributed by atoms with Gasteiger partial charge in [-0.25, -0.2) is 8.42 Å². The molecule has 1 aromatic heterocycles. The van der Waals surface area contributed by atoms with Gasteiger partial charge in [0.2, 0.25) is 0 Å². The van der Waals surface area contributed by atoms with Crippen LogP contribution in [-0.2, 0) is 9.84 Å². The van der Waals surface area contributed by atoms with Crippen LogP contribution in [0, 0.1) is 0 Å². The summed E-state index contributed by atoms with van der Waals surface area (Å²) in [7, 11) is -3.32. The van der Waals surface area contributed by atoms with E-state index in [4.69, 9.17) is 5.73 Å². The van der Waals surface area contributed by atoms with E-state index in [9.17, 15) is 8.42 Å². The van der Waals surface area contributed by atoms with Gasteiger partial charge in [-0.15, -0.1) is 0 Å². The monoisotopic (exact) mass is 309 g/mol. The van der Waals surface area contributed by atoms with E-state index in [2.05, 4.69) is 22.9 Å². The van der Waals surface area contributed by atoms with Crippen LogP contribution in [0.25, 0.3) is 0 Å². The fourth-order valence-electron chi connectivity index (χ4n) is 1.36. The number of nitrogen functional groups attached to an aromatic ring is 1. The average molecular weight is 309 g/mol. The van der Waals surface area contributed by atoms with Gasteiger partial charge in [0.1, 0.15) is 9.90 Å². The van der Waals surface area contributed by atoms with E-state index in [1.807, 2.05) is 0 Å². The molecular formula is C10H19N3O2S3. The van der Waals surface area contributed by atoms with Crippen LogP contribution in [0.2, 0.25) is 0 Å². The van der Waals surface area contributed by atoms with Crippen molar-refractivity contribution in [3.8, 4) is 0 Å². The molecule has 0 aliphatic rings. The molecule has 0 saturated carbocycles. The summed E-state index contributed by atoms with van der Waals surface area (Å²) in [4.78, 5) is 0.159. The van der Waals surface area contributed by atoms with Crippen molar-refractivity contribution < 1.29 is 8.42 Å². The standard InChI is InChI=1S/C10H19N3O2S3/c1-4-18(14,15)8-9(11)13-17-10(8)12-6-5-7(2)16-3/h7,12H,4-6H2,1-3H3,(H2,11,13). The molecule has 5 nitrogen and oxygen atoms in total. The van der Waals surface area contributed by atoms with Gasteiger partial charge in [-0.3, -0.25) is 0 Å². The average Bonchev–Trinajstić information content (AvgIpc) is 2.71. The second kappa shape index (κ2) is 6.63. The predicted molar refractivity (Wildman–Crippen MR) is 80.3 cm³/mol. The molecule has 0 fully saturated rings.